The molecule has 0 fully saturated rings. The van der Waals surface area contributed by atoms with Gasteiger partial charge in [0, 0.05) is 6.20 Å². The largest absolute Gasteiger partial charge is 0.323 e. The fraction of sp³-hybridized carbons (Fsp3) is 0.0769. The van der Waals surface area contributed by atoms with E-state index in [9.17, 15) is 10.1 Å². The molecule has 0 aliphatic rings. The molecule has 1 unspecified atom stereocenters. The predicted molar refractivity (Wildman–Crippen MR) is 68.4 cm³/mol. The van der Waals surface area contributed by atoms with Gasteiger partial charge in [0.15, 0.2) is 0 Å². The molecule has 0 amide bonds. The van der Waals surface area contributed by atoms with Crippen LogP contribution < -0.4 is 5.69 Å². The number of H-pyrrole nitrogens is 2. The van der Waals surface area contributed by atoms with Crippen LogP contribution in [0.4, 0.5) is 0 Å². The first-order valence-corrected chi connectivity index (χ1v) is 5.65. The lowest BCUT2D eigenvalue weighted by Crippen LogP contribution is -2.01. The average Bonchev–Trinajstić information content (AvgIpc) is 2.80. The lowest BCUT2D eigenvalue weighted by molar-refractivity contribution is 0.944. The summed E-state index contributed by atoms with van der Waals surface area (Å²) in [7, 11) is 0. The molecule has 1 aromatic carbocycles. The van der Waals surface area contributed by atoms with E-state index in [0.717, 1.165) is 5.56 Å². The zero-order chi connectivity index (χ0) is 13.2. The number of hydrogen-bond donors (Lipinski definition) is 2. The SMILES string of the molecule is N#CC(c1ccc2[nH]c(=O)[nH]c2c1)c1ccncn1. The highest BCUT2D eigenvalue weighted by molar-refractivity contribution is 5.75. The third kappa shape index (κ3) is 1.98. The van der Waals surface area contributed by atoms with Gasteiger partial charge < -0.3 is 9.97 Å². The van der Waals surface area contributed by atoms with Crippen molar-refractivity contribution in [1.29, 1.82) is 5.26 Å². The summed E-state index contributed by atoms with van der Waals surface area (Å²) in [6.45, 7) is 0. The number of rotatable bonds is 2. The van der Waals surface area contributed by atoms with Crippen LogP contribution >= 0.6 is 0 Å². The molecule has 0 saturated carbocycles. The lowest BCUT2D eigenvalue weighted by Gasteiger charge is -2.08. The lowest BCUT2D eigenvalue weighted by atomic mass is 9.96. The number of fused-ring (bicyclic) bond motifs is 1. The van der Waals surface area contributed by atoms with E-state index in [2.05, 4.69) is 26.0 Å². The van der Waals surface area contributed by atoms with Crippen LogP contribution in [-0.4, -0.2) is 19.9 Å². The second kappa shape index (κ2) is 4.38. The maximum absolute atomic E-state index is 11.2. The van der Waals surface area contributed by atoms with Gasteiger partial charge in [0.25, 0.3) is 0 Å². The molecule has 0 spiro atoms. The number of nitrogens with zero attached hydrogens (tertiary/aromatic N) is 3. The van der Waals surface area contributed by atoms with E-state index in [0.29, 0.717) is 16.7 Å². The normalized spacial score (nSPS) is 12.2. The van der Waals surface area contributed by atoms with Crippen molar-refractivity contribution in [3.05, 3.63) is 58.5 Å². The minimum Gasteiger partial charge on any atom is -0.306 e. The zero-order valence-electron chi connectivity index (χ0n) is 9.79. The second-order valence-electron chi connectivity index (χ2n) is 4.08. The van der Waals surface area contributed by atoms with Crippen LogP contribution in [0.25, 0.3) is 11.0 Å². The monoisotopic (exact) mass is 251 g/mol. The van der Waals surface area contributed by atoms with Crippen LogP contribution in [0, 0.1) is 11.3 Å². The van der Waals surface area contributed by atoms with Gasteiger partial charge in [-0.1, -0.05) is 6.07 Å². The summed E-state index contributed by atoms with van der Waals surface area (Å²) in [6, 6.07) is 9.28. The van der Waals surface area contributed by atoms with Crippen LogP contribution in [0.15, 0.2) is 41.6 Å². The predicted octanol–water partition coefficient (Wildman–Crippen LogP) is 1.30. The maximum Gasteiger partial charge on any atom is 0.323 e. The molecule has 0 saturated heterocycles. The van der Waals surface area contributed by atoms with E-state index in [1.54, 1.807) is 24.4 Å². The van der Waals surface area contributed by atoms with Crippen molar-refractivity contribution >= 4 is 11.0 Å². The van der Waals surface area contributed by atoms with Gasteiger partial charge >= 0.3 is 5.69 Å². The first-order chi connectivity index (χ1) is 9.28. The molecule has 0 aliphatic heterocycles. The summed E-state index contributed by atoms with van der Waals surface area (Å²) >= 11 is 0. The van der Waals surface area contributed by atoms with Crippen molar-refractivity contribution < 1.29 is 0 Å². The summed E-state index contributed by atoms with van der Waals surface area (Å²) < 4.78 is 0. The molecule has 6 heteroatoms. The zero-order valence-corrected chi connectivity index (χ0v) is 9.79. The molecular weight excluding hydrogens is 242 g/mol. The van der Waals surface area contributed by atoms with Gasteiger partial charge in [-0.05, 0) is 23.8 Å². The number of benzene rings is 1. The Morgan fingerprint density at radius 3 is 2.79 bits per heavy atom. The molecule has 6 nitrogen and oxygen atoms in total. The highest BCUT2D eigenvalue weighted by Gasteiger charge is 2.15. The Morgan fingerprint density at radius 1 is 1.21 bits per heavy atom. The van der Waals surface area contributed by atoms with E-state index >= 15 is 0 Å². The molecule has 2 heterocycles. The highest BCUT2D eigenvalue weighted by Crippen LogP contribution is 2.23. The smallest absolute Gasteiger partial charge is 0.306 e. The van der Waals surface area contributed by atoms with Gasteiger partial charge in [0.1, 0.15) is 12.2 Å². The Kier molecular flexibility index (Phi) is 2.58. The molecule has 3 rings (SSSR count). The summed E-state index contributed by atoms with van der Waals surface area (Å²) in [5.41, 5.74) is 2.55. The quantitative estimate of drug-likeness (QED) is 0.717. The van der Waals surface area contributed by atoms with Gasteiger partial charge in [0.05, 0.1) is 22.8 Å². The first kappa shape index (κ1) is 11.2. The Labute approximate surface area is 107 Å². The third-order valence-corrected chi connectivity index (χ3v) is 2.90. The van der Waals surface area contributed by atoms with Crippen molar-refractivity contribution in [2.45, 2.75) is 5.92 Å². The van der Waals surface area contributed by atoms with E-state index in [1.807, 2.05) is 6.07 Å². The molecule has 0 bridgehead atoms. The number of nitriles is 1. The molecule has 0 radical (unpaired) electrons. The van der Waals surface area contributed by atoms with Crippen LogP contribution in [0.1, 0.15) is 17.2 Å². The van der Waals surface area contributed by atoms with Crippen LogP contribution in [0.2, 0.25) is 0 Å². The van der Waals surface area contributed by atoms with Crippen molar-refractivity contribution in [3.63, 3.8) is 0 Å². The minimum atomic E-state index is -0.481. The van der Waals surface area contributed by atoms with Gasteiger partial charge in [-0.15, -0.1) is 0 Å². The van der Waals surface area contributed by atoms with Crippen molar-refractivity contribution in [2.75, 3.05) is 0 Å². The molecule has 19 heavy (non-hydrogen) atoms. The number of nitrogens with one attached hydrogen (secondary N) is 2. The van der Waals surface area contributed by atoms with Gasteiger partial charge in [-0.3, -0.25) is 0 Å². The number of aromatic amines is 2. The van der Waals surface area contributed by atoms with Crippen molar-refractivity contribution in [2.24, 2.45) is 0 Å². The van der Waals surface area contributed by atoms with Crippen molar-refractivity contribution in [1.82, 2.24) is 19.9 Å². The molecule has 92 valence electrons. The average molecular weight is 251 g/mol. The van der Waals surface area contributed by atoms with Gasteiger partial charge in [0.2, 0.25) is 0 Å². The number of aromatic nitrogens is 4. The standard InChI is InChI=1S/C13H9N5O/c14-6-9(10-3-4-15-7-16-10)8-1-2-11-12(5-8)18-13(19)17-11/h1-5,7,9H,(H2,17,18,19). The van der Waals surface area contributed by atoms with E-state index < -0.39 is 5.92 Å². The molecule has 3 aromatic rings. The minimum absolute atomic E-state index is 0.261. The van der Waals surface area contributed by atoms with E-state index in [4.69, 9.17) is 0 Å². The molecule has 0 aliphatic carbocycles. The van der Waals surface area contributed by atoms with Crippen molar-refractivity contribution in [3.8, 4) is 6.07 Å². The van der Waals surface area contributed by atoms with E-state index in [-0.39, 0.29) is 5.69 Å². The summed E-state index contributed by atoms with van der Waals surface area (Å²) in [5, 5.41) is 9.32. The second-order valence-corrected chi connectivity index (χ2v) is 4.08. The summed E-state index contributed by atoms with van der Waals surface area (Å²) in [6.07, 6.45) is 3.01. The van der Waals surface area contributed by atoms with Crippen LogP contribution in [0.5, 0.6) is 0 Å². The Bertz CT molecular complexity index is 812. The Hall–Kier alpha value is -2.94. The molecule has 2 aromatic heterocycles. The number of imidazole rings is 1. The van der Waals surface area contributed by atoms with Gasteiger partial charge in [-0.2, -0.15) is 5.26 Å². The molecular formula is C13H9N5O. The Morgan fingerprint density at radius 2 is 2.05 bits per heavy atom. The fourth-order valence-electron chi connectivity index (χ4n) is 2.01. The maximum atomic E-state index is 11.2. The topological polar surface area (TPSA) is 98.2 Å². The number of hydrogen-bond acceptors (Lipinski definition) is 4. The van der Waals surface area contributed by atoms with E-state index in [1.165, 1.54) is 6.33 Å². The molecule has 2 N–H and O–H groups in total. The fourth-order valence-corrected chi connectivity index (χ4v) is 2.01. The first-order valence-electron chi connectivity index (χ1n) is 5.65. The van der Waals surface area contributed by atoms with Crippen LogP contribution in [-0.2, 0) is 0 Å². The molecule has 1 atom stereocenters. The van der Waals surface area contributed by atoms with Crippen LogP contribution in [0.3, 0.4) is 0 Å². The third-order valence-electron chi connectivity index (χ3n) is 2.90. The summed E-state index contributed by atoms with van der Waals surface area (Å²) in [4.78, 5) is 24.5. The van der Waals surface area contributed by atoms with Gasteiger partial charge in [-0.25, -0.2) is 14.8 Å². The summed E-state index contributed by atoms with van der Waals surface area (Å²) in [5.74, 6) is -0.481. The highest BCUT2D eigenvalue weighted by atomic mass is 16.1. The Balaban J connectivity index is 2.12.